The summed E-state index contributed by atoms with van der Waals surface area (Å²) < 4.78 is 1.50. The van der Waals surface area contributed by atoms with Crippen LogP contribution in [-0.4, -0.2) is 30.6 Å². The van der Waals surface area contributed by atoms with Crippen molar-refractivity contribution in [1.82, 2.24) is 0 Å². The van der Waals surface area contributed by atoms with E-state index in [1.54, 1.807) is 22.5 Å². The minimum atomic E-state index is -0.591. The van der Waals surface area contributed by atoms with Crippen LogP contribution in [0.3, 0.4) is 0 Å². The van der Waals surface area contributed by atoms with E-state index in [1.165, 1.54) is 4.06 Å². The standard InChI is InChI=1S/C4H11Si.Sn/c1-5(2,3)4;/h1H2,2-4H3;/q;+3. The van der Waals surface area contributed by atoms with Crippen LogP contribution in [0.25, 0.3) is 0 Å². The molecule has 0 atom stereocenters. The van der Waals surface area contributed by atoms with Crippen molar-refractivity contribution in [2.75, 3.05) is 0 Å². The number of rotatable bonds is 1. The van der Waals surface area contributed by atoms with Crippen molar-refractivity contribution in [3.8, 4) is 0 Å². The van der Waals surface area contributed by atoms with Gasteiger partial charge in [-0.2, -0.15) is 0 Å². The van der Waals surface area contributed by atoms with Gasteiger partial charge in [0.15, 0.2) is 0 Å². The van der Waals surface area contributed by atoms with Crippen LogP contribution >= 0.6 is 0 Å². The first-order chi connectivity index (χ1) is 2.56. The molecule has 2 heteroatoms. The summed E-state index contributed by atoms with van der Waals surface area (Å²) in [6.07, 6.45) is 0. The summed E-state index contributed by atoms with van der Waals surface area (Å²) in [5.74, 6) is 0. The van der Waals surface area contributed by atoms with Crippen LogP contribution in [-0.2, 0) is 0 Å². The topological polar surface area (TPSA) is 0 Å². The van der Waals surface area contributed by atoms with Crippen LogP contribution in [0.1, 0.15) is 0 Å². The Bertz CT molecular complexity index is 37.3. The average Bonchev–Trinajstić information content (AvgIpc) is 1.35. The van der Waals surface area contributed by atoms with Crippen LogP contribution in [0.5, 0.6) is 0 Å². The van der Waals surface area contributed by atoms with Crippen LogP contribution in [0, 0.1) is 0 Å². The molecule has 0 radical (unpaired) electrons. The zero-order valence-corrected chi connectivity index (χ0v) is 8.56. The van der Waals surface area contributed by atoms with Crippen molar-refractivity contribution in [2.45, 2.75) is 23.7 Å². The van der Waals surface area contributed by atoms with E-state index in [4.69, 9.17) is 0 Å². The molecule has 0 heterocycles. The zero-order valence-electron chi connectivity index (χ0n) is 4.71. The molecule has 6 heavy (non-hydrogen) atoms. The monoisotopic (exact) mass is 207 g/mol. The maximum absolute atomic E-state index is 2.40. The minimum absolute atomic E-state index is 0.591. The molecule has 0 unspecified atom stereocenters. The molecule has 0 saturated carbocycles. The molecule has 0 bridgehead atoms. The van der Waals surface area contributed by atoms with E-state index >= 15 is 0 Å². The zero-order chi connectivity index (χ0) is 5.21. The number of hydrogen-bond acceptors (Lipinski definition) is 0. The molecule has 0 amide bonds. The van der Waals surface area contributed by atoms with E-state index < -0.39 is 8.07 Å². The van der Waals surface area contributed by atoms with Gasteiger partial charge >= 0.3 is 54.3 Å². The molecule has 0 aromatic carbocycles. The Hall–Kier alpha value is 1.02. The second kappa shape index (κ2) is 2.36. The van der Waals surface area contributed by atoms with Gasteiger partial charge in [-0.15, -0.1) is 0 Å². The van der Waals surface area contributed by atoms with Crippen molar-refractivity contribution in [2.24, 2.45) is 0 Å². The molecule has 0 spiro atoms. The van der Waals surface area contributed by atoms with E-state index in [0.717, 1.165) is 0 Å². The third-order valence-corrected chi connectivity index (χ3v) is 10.7. The SMILES string of the molecule is C[Si](C)(C)[CH2][Sn+3]. The van der Waals surface area contributed by atoms with Crippen LogP contribution < -0.4 is 0 Å². The molecule has 0 rings (SSSR count). The average molecular weight is 206 g/mol. The summed E-state index contributed by atoms with van der Waals surface area (Å²) in [5.41, 5.74) is 0. The molecule has 0 aliphatic heterocycles. The van der Waals surface area contributed by atoms with Crippen LogP contribution in [0.2, 0.25) is 23.7 Å². The molecule has 0 aromatic rings. The summed E-state index contributed by atoms with van der Waals surface area (Å²) >= 11 is 1.71. The Morgan fingerprint density at radius 2 is 1.50 bits per heavy atom. The fraction of sp³-hybridized carbons (Fsp3) is 1.00. The molecular formula is C4H11SiSn+3. The first-order valence-corrected chi connectivity index (χ1v) is 7.93. The summed E-state index contributed by atoms with van der Waals surface area (Å²) in [6, 6.07) is 0. The van der Waals surface area contributed by atoms with E-state index in [1.807, 2.05) is 0 Å². The van der Waals surface area contributed by atoms with Crippen molar-refractivity contribution in [3.05, 3.63) is 0 Å². The van der Waals surface area contributed by atoms with Crippen LogP contribution in [0.4, 0.5) is 0 Å². The van der Waals surface area contributed by atoms with Gasteiger partial charge < -0.3 is 0 Å². The van der Waals surface area contributed by atoms with Gasteiger partial charge in [0, 0.05) is 0 Å². The van der Waals surface area contributed by atoms with Crippen molar-refractivity contribution >= 4 is 30.6 Å². The fourth-order valence-corrected chi connectivity index (χ4v) is 0. The van der Waals surface area contributed by atoms with Crippen molar-refractivity contribution in [3.63, 3.8) is 0 Å². The molecule has 0 nitrogen and oxygen atoms in total. The van der Waals surface area contributed by atoms with Crippen molar-refractivity contribution < 1.29 is 0 Å². The normalized spacial score (nSPS) is 12.2. The molecule has 0 saturated heterocycles. The second-order valence-electron chi connectivity index (χ2n) is 2.74. The predicted molar refractivity (Wildman–Crippen MR) is 33.9 cm³/mol. The molecule has 0 aliphatic carbocycles. The van der Waals surface area contributed by atoms with Gasteiger partial charge in [0.2, 0.25) is 0 Å². The van der Waals surface area contributed by atoms with Gasteiger partial charge in [-0.05, 0) is 0 Å². The van der Waals surface area contributed by atoms with Gasteiger partial charge in [0.25, 0.3) is 0 Å². The Morgan fingerprint density at radius 3 is 1.50 bits per heavy atom. The van der Waals surface area contributed by atoms with Gasteiger partial charge in [-0.1, -0.05) is 0 Å². The van der Waals surface area contributed by atoms with Gasteiger partial charge in [0.1, 0.15) is 0 Å². The predicted octanol–water partition coefficient (Wildman–Crippen LogP) is 1.45. The van der Waals surface area contributed by atoms with Crippen LogP contribution in [0.15, 0.2) is 0 Å². The van der Waals surface area contributed by atoms with Crippen molar-refractivity contribution in [1.29, 1.82) is 0 Å². The Balaban J connectivity index is 3.17. The molecule has 0 aromatic heterocycles. The Labute approximate surface area is 54.4 Å². The quantitative estimate of drug-likeness (QED) is 0.569. The Kier molecular flexibility index (Phi) is 2.75. The Morgan fingerprint density at radius 1 is 1.33 bits per heavy atom. The van der Waals surface area contributed by atoms with Gasteiger partial charge in [-0.25, -0.2) is 0 Å². The first-order valence-electron chi connectivity index (χ1n) is 2.21. The molecule has 0 aliphatic rings. The molecule has 0 fully saturated rings. The second-order valence-corrected chi connectivity index (χ2v) is 11.2. The summed E-state index contributed by atoms with van der Waals surface area (Å²) in [6.45, 7) is 7.21. The fourth-order valence-electron chi connectivity index (χ4n) is 0. The third kappa shape index (κ3) is 5.02. The summed E-state index contributed by atoms with van der Waals surface area (Å²) in [7, 11) is -0.591. The molecule has 0 N–H and O–H groups in total. The van der Waals surface area contributed by atoms with E-state index in [2.05, 4.69) is 19.6 Å². The number of hydrogen-bond donors (Lipinski definition) is 0. The molecular weight excluding hydrogens is 195 g/mol. The maximum atomic E-state index is 2.40. The molecule has 32 valence electrons. The van der Waals surface area contributed by atoms with Gasteiger partial charge in [-0.3, -0.25) is 0 Å². The van der Waals surface area contributed by atoms with Gasteiger partial charge in [0.05, 0.1) is 0 Å². The van der Waals surface area contributed by atoms with E-state index in [-0.39, 0.29) is 0 Å². The summed E-state index contributed by atoms with van der Waals surface area (Å²) in [5, 5.41) is 0. The van der Waals surface area contributed by atoms with E-state index in [9.17, 15) is 0 Å². The summed E-state index contributed by atoms with van der Waals surface area (Å²) in [4.78, 5) is 0. The third-order valence-electron chi connectivity index (χ3n) is 0.530. The van der Waals surface area contributed by atoms with E-state index in [0.29, 0.717) is 0 Å². The first kappa shape index (κ1) is 7.02.